The van der Waals surface area contributed by atoms with Gasteiger partial charge in [0.05, 0.1) is 18.7 Å². The summed E-state index contributed by atoms with van der Waals surface area (Å²) < 4.78 is 19.3. The summed E-state index contributed by atoms with van der Waals surface area (Å²) in [6.07, 6.45) is 3.84. The molecule has 6 nitrogen and oxygen atoms in total. The molecule has 1 saturated heterocycles. The van der Waals surface area contributed by atoms with Gasteiger partial charge in [0.15, 0.2) is 5.89 Å². The van der Waals surface area contributed by atoms with Gasteiger partial charge in [0, 0.05) is 25.1 Å². The molecule has 1 fully saturated rings. The van der Waals surface area contributed by atoms with Crippen LogP contribution in [0.25, 0.3) is 0 Å². The fraction of sp³-hybridized carbons (Fsp3) is 0.292. The smallest absolute Gasteiger partial charge is 0.251 e. The van der Waals surface area contributed by atoms with Gasteiger partial charge in [-0.2, -0.15) is 0 Å². The zero-order valence-electron chi connectivity index (χ0n) is 17.1. The quantitative estimate of drug-likeness (QED) is 0.661. The van der Waals surface area contributed by atoms with Crippen molar-refractivity contribution in [1.82, 2.24) is 15.2 Å². The number of aromatic nitrogens is 1. The third-order valence-electron chi connectivity index (χ3n) is 5.40. The van der Waals surface area contributed by atoms with Crippen molar-refractivity contribution in [3.05, 3.63) is 89.4 Å². The predicted octanol–water partition coefficient (Wildman–Crippen LogP) is 3.54. The Kier molecular flexibility index (Phi) is 6.40. The van der Waals surface area contributed by atoms with Crippen molar-refractivity contribution in [2.75, 3.05) is 19.6 Å². The SMILES string of the molecule is O=C(NCC(=O)N1CCC[C@@H](c2ncc(Cc3cccc(F)c3)o2)C1)c1ccccc1. The molecule has 3 aromatic rings. The van der Waals surface area contributed by atoms with Crippen LogP contribution in [0, 0.1) is 5.82 Å². The highest BCUT2D eigenvalue weighted by atomic mass is 19.1. The van der Waals surface area contributed by atoms with Gasteiger partial charge in [0.2, 0.25) is 5.91 Å². The lowest BCUT2D eigenvalue weighted by molar-refractivity contribution is -0.131. The summed E-state index contributed by atoms with van der Waals surface area (Å²) in [5, 5.41) is 2.69. The minimum Gasteiger partial charge on any atom is -0.445 e. The molecule has 2 heterocycles. The Balaban J connectivity index is 1.32. The fourth-order valence-corrected chi connectivity index (χ4v) is 3.81. The number of oxazole rings is 1. The first-order valence-electron chi connectivity index (χ1n) is 10.4. The number of nitrogens with one attached hydrogen (secondary N) is 1. The second kappa shape index (κ2) is 9.55. The number of hydrogen-bond donors (Lipinski definition) is 1. The highest BCUT2D eigenvalue weighted by Crippen LogP contribution is 2.27. The maximum Gasteiger partial charge on any atom is 0.251 e. The van der Waals surface area contributed by atoms with Crippen LogP contribution in [0.2, 0.25) is 0 Å². The molecule has 160 valence electrons. The van der Waals surface area contributed by atoms with E-state index in [1.165, 1.54) is 12.1 Å². The highest BCUT2D eigenvalue weighted by Gasteiger charge is 2.28. The first-order valence-corrected chi connectivity index (χ1v) is 10.4. The van der Waals surface area contributed by atoms with Crippen molar-refractivity contribution < 1.29 is 18.4 Å². The summed E-state index contributed by atoms with van der Waals surface area (Å²) in [4.78, 5) is 30.9. The Labute approximate surface area is 180 Å². The van der Waals surface area contributed by atoms with Crippen molar-refractivity contribution in [1.29, 1.82) is 0 Å². The summed E-state index contributed by atoms with van der Waals surface area (Å²) in [5.74, 6) is 0.593. The number of benzene rings is 2. The van der Waals surface area contributed by atoms with E-state index in [9.17, 15) is 14.0 Å². The van der Waals surface area contributed by atoms with Crippen molar-refractivity contribution >= 4 is 11.8 Å². The van der Waals surface area contributed by atoms with E-state index < -0.39 is 0 Å². The molecule has 0 spiro atoms. The second-order valence-electron chi connectivity index (χ2n) is 7.70. The number of amides is 2. The number of rotatable bonds is 6. The molecular formula is C24H24FN3O3. The normalized spacial score (nSPS) is 16.2. The number of nitrogens with zero attached hydrogens (tertiary/aromatic N) is 2. The van der Waals surface area contributed by atoms with Gasteiger partial charge in [-0.3, -0.25) is 9.59 Å². The van der Waals surface area contributed by atoms with Crippen LogP contribution >= 0.6 is 0 Å². The lowest BCUT2D eigenvalue weighted by Gasteiger charge is -2.31. The molecule has 0 aliphatic carbocycles. The molecule has 1 aromatic heterocycles. The van der Waals surface area contributed by atoms with Crippen LogP contribution in [0.15, 0.2) is 65.2 Å². The maximum atomic E-state index is 13.4. The van der Waals surface area contributed by atoms with Crippen molar-refractivity contribution in [3.8, 4) is 0 Å². The van der Waals surface area contributed by atoms with Gasteiger partial charge >= 0.3 is 0 Å². The number of carbonyl (C=O) groups excluding carboxylic acids is 2. The molecule has 1 aliphatic heterocycles. The summed E-state index contributed by atoms with van der Waals surface area (Å²) in [7, 11) is 0. The van der Waals surface area contributed by atoms with Crippen LogP contribution in [-0.2, 0) is 11.2 Å². The Hall–Kier alpha value is -3.48. The molecule has 0 radical (unpaired) electrons. The fourth-order valence-electron chi connectivity index (χ4n) is 3.81. The van der Waals surface area contributed by atoms with Crippen molar-refractivity contribution in [2.24, 2.45) is 0 Å². The molecule has 2 aromatic carbocycles. The zero-order chi connectivity index (χ0) is 21.6. The van der Waals surface area contributed by atoms with Gasteiger partial charge < -0.3 is 14.6 Å². The van der Waals surface area contributed by atoms with Crippen molar-refractivity contribution in [3.63, 3.8) is 0 Å². The number of hydrogen-bond acceptors (Lipinski definition) is 4. The monoisotopic (exact) mass is 421 g/mol. The summed E-state index contributed by atoms with van der Waals surface area (Å²) in [6.45, 7) is 1.10. The molecule has 0 bridgehead atoms. The maximum absolute atomic E-state index is 13.4. The molecule has 7 heteroatoms. The molecule has 1 aliphatic rings. The van der Waals surface area contributed by atoms with Gasteiger partial charge in [-0.15, -0.1) is 0 Å². The zero-order valence-corrected chi connectivity index (χ0v) is 17.1. The van der Waals surface area contributed by atoms with Gasteiger partial charge in [-0.25, -0.2) is 9.37 Å². The molecule has 1 N–H and O–H groups in total. The molecule has 0 unspecified atom stereocenters. The molecular weight excluding hydrogens is 397 g/mol. The van der Waals surface area contributed by atoms with Crippen LogP contribution in [0.1, 0.15) is 46.3 Å². The van der Waals surface area contributed by atoms with E-state index in [0.717, 1.165) is 18.4 Å². The third kappa shape index (κ3) is 5.36. The molecule has 31 heavy (non-hydrogen) atoms. The number of halogens is 1. The molecule has 0 saturated carbocycles. The van der Waals surface area contributed by atoms with E-state index in [1.807, 2.05) is 12.1 Å². The summed E-state index contributed by atoms with van der Waals surface area (Å²) in [5.41, 5.74) is 1.34. The molecule has 4 rings (SSSR count). The topological polar surface area (TPSA) is 75.4 Å². The minimum absolute atomic E-state index is 0.00350. The van der Waals surface area contributed by atoms with Crippen LogP contribution in [0.3, 0.4) is 0 Å². The van der Waals surface area contributed by atoms with Gasteiger partial charge in [0.1, 0.15) is 11.6 Å². The summed E-state index contributed by atoms with van der Waals surface area (Å²) in [6, 6.07) is 15.2. The average molecular weight is 421 g/mol. The van der Waals surface area contributed by atoms with Gasteiger partial charge in [-0.1, -0.05) is 30.3 Å². The Bertz CT molecular complexity index is 1050. The van der Waals surface area contributed by atoms with E-state index in [0.29, 0.717) is 36.7 Å². The van der Waals surface area contributed by atoms with E-state index in [-0.39, 0.29) is 30.1 Å². The van der Waals surface area contributed by atoms with E-state index in [1.54, 1.807) is 41.4 Å². The number of likely N-dealkylation sites (tertiary alicyclic amines) is 1. The lowest BCUT2D eigenvalue weighted by Crippen LogP contribution is -2.44. The van der Waals surface area contributed by atoms with Crippen LogP contribution < -0.4 is 5.32 Å². The van der Waals surface area contributed by atoms with E-state index in [2.05, 4.69) is 10.3 Å². The second-order valence-corrected chi connectivity index (χ2v) is 7.70. The minimum atomic E-state index is -0.280. The van der Waals surface area contributed by atoms with Crippen LogP contribution in [0.5, 0.6) is 0 Å². The predicted molar refractivity (Wildman–Crippen MR) is 113 cm³/mol. The van der Waals surface area contributed by atoms with Crippen LogP contribution in [0.4, 0.5) is 4.39 Å². The summed E-state index contributed by atoms with van der Waals surface area (Å²) >= 11 is 0. The lowest BCUT2D eigenvalue weighted by atomic mass is 9.98. The van der Waals surface area contributed by atoms with Crippen LogP contribution in [-0.4, -0.2) is 41.3 Å². The highest BCUT2D eigenvalue weighted by molar-refractivity contribution is 5.96. The van der Waals surface area contributed by atoms with Crippen molar-refractivity contribution in [2.45, 2.75) is 25.2 Å². The molecule has 2 amide bonds. The van der Waals surface area contributed by atoms with Gasteiger partial charge in [-0.05, 0) is 42.7 Å². The van der Waals surface area contributed by atoms with Gasteiger partial charge in [0.25, 0.3) is 5.91 Å². The van der Waals surface area contributed by atoms with E-state index >= 15 is 0 Å². The molecule has 1 atom stereocenters. The average Bonchev–Trinajstić information content (AvgIpc) is 3.26. The largest absolute Gasteiger partial charge is 0.445 e. The Morgan fingerprint density at radius 1 is 1.16 bits per heavy atom. The number of piperidine rings is 1. The number of carbonyl (C=O) groups is 2. The first-order chi connectivity index (χ1) is 15.1. The Morgan fingerprint density at radius 2 is 2.00 bits per heavy atom. The standard InChI is InChI=1S/C24H24FN3O3/c25-20-10-4-6-17(12-20)13-21-14-27-24(31-21)19-9-5-11-28(16-19)22(29)15-26-23(30)18-7-2-1-3-8-18/h1-4,6-8,10,12,14,19H,5,9,11,13,15-16H2,(H,26,30)/t19-/m1/s1. The Morgan fingerprint density at radius 3 is 2.81 bits per heavy atom. The van der Waals surface area contributed by atoms with E-state index in [4.69, 9.17) is 4.42 Å². The third-order valence-corrected chi connectivity index (χ3v) is 5.40. The first kappa shape index (κ1) is 20.8.